The number of hydrogen-bond acceptors (Lipinski definition) is 14. The Kier molecular flexibility index (Phi) is 55.3. The zero-order valence-electron chi connectivity index (χ0n) is 50.4. The molecule has 0 radical (unpaired) electrons. The first-order chi connectivity index (χ1) is 39.2. The van der Waals surface area contributed by atoms with Crippen LogP contribution in [0.4, 0.5) is 0 Å². The van der Waals surface area contributed by atoms with Gasteiger partial charge in [0.05, 0.1) is 26.4 Å². The van der Waals surface area contributed by atoms with Gasteiger partial charge >= 0.3 is 33.6 Å². The lowest BCUT2D eigenvalue weighted by atomic mass is 10.1. The van der Waals surface area contributed by atoms with E-state index in [0.717, 1.165) is 116 Å². The van der Waals surface area contributed by atoms with Gasteiger partial charge in [-0.25, -0.2) is 9.13 Å². The lowest BCUT2D eigenvalue weighted by Crippen LogP contribution is -2.30. The Labute approximate surface area is 490 Å². The van der Waals surface area contributed by atoms with Crippen molar-refractivity contribution >= 4 is 33.6 Å². The van der Waals surface area contributed by atoms with Crippen molar-refractivity contribution in [3.05, 3.63) is 72.9 Å². The Bertz CT molecular complexity index is 1780. The molecule has 0 rings (SSSR count). The summed E-state index contributed by atoms with van der Waals surface area (Å²) in [6, 6.07) is 0. The van der Waals surface area contributed by atoms with Crippen LogP contribution in [-0.2, 0) is 55.8 Å². The maximum Gasteiger partial charge on any atom is 0.472 e. The number of allylic oxidation sites excluding steroid dienone is 12. The number of unbranched alkanes of at least 4 members (excludes halogenated alkanes) is 24. The number of ether oxygens (including phenoxy) is 3. The van der Waals surface area contributed by atoms with Crippen LogP contribution in [0.5, 0.6) is 0 Å². The third-order valence-electron chi connectivity index (χ3n) is 12.9. The molecule has 0 aliphatic carbocycles. The number of phosphoric acid groups is 2. The van der Waals surface area contributed by atoms with E-state index in [9.17, 15) is 43.5 Å². The molecule has 5 unspecified atom stereocenters. The van der Waals surface area contributed by atoms with Crippen molar-refractivity contribution in [1.29, 1.82) is 0 Å². The first-order valence-electron chi connectivity index (χ1n) is 31.2. The summed E-state index contributed by atoms with van der Waals surface area (Å²) in [5.74, 6) is -1.61. The smallest absolute Gasteiger partial charge is 0.463 e. The molecule has 0 aliphatic heterocycles. The van der Waals surface area contributed by atoms with Crippen molar-refractivity contribution < 1.29 is 75.8 Å². The van der Waals surface area contributed by atoms with E-state index in [-0.39, 0.29) is 19.3 Å². The summed E-state index contributed by atoms with van der Waals surface area (Å²) < 4.78 is 60.6. The van der Waals surface area contributed by atoms with E-state index in [1.165, 1.54) is 77.0 Å². The van der Waals surface area contributed by atoms with E-state index in [1.54, 1.807) is 0 Å². The van der Waals surface area contributed by atoms with Crippen molar-refractivity contribution in [2.45, 2.75) is 270 Å². The van der Waals surface area contributed by atoms with Crippen LogP contribution in [0.25, 0.3) is 0 Å². The normalized spacial score (nSPS) is 14.9. The van der Waals surface area contributed by atoms with Crippen LogP contribution in [0.3, 0.4) is 0 Å². The Morgan fingerprint density at radius 1 is 0.358 bits per heavy atom. The average molecular weight is 1190 g/mol. The maximum atomic E-state index is 12.8. The molecule has 0 saturated carbocycles. The molecule has 0 aromatic carbocycles. The zero-order chi connectivity index (χ0) is 59.6. The molecule has 470 valence electrons. The molecule has 0 aliphatic rings. The minimum atomic E-state index is -4.91. The van der Waals surface area contributed by atoms with Crippen molar-refractivity contribution in [1.82, 2.24) is 0 Å². The van der Waals surface area contributed by atoms with Gasteiger partial charge in [-0.05, 0) is 89.9 Å². The topological polar surface area (TPSA) is 231 Å². The zero-order valence-corrected chi connectivity index (χ0v) is 52.2. The first-order valence-corrected chi connectivity index (χ1v) is 34.2. The fourth-order valence-electron chi connectivity index (χ4n) is 8.12. The van der Waals surface area contributed by atoms with E-state index in [2.05, 4.69) is 93.7 Å². The lowest BCUT2D eigenvalue weighted by molar-refractivity contribution is -0.161. The predicted molar refractivity (Wildman–Crippen MR) is 325 cm³/mol. The van der Waals surface area contributed by atoms with Crippen LogP contribution in [0.2, 0.25) is 0 Å². The number of rotatable bonds is 59. The number of aliphatic hydroxyl groups is 2. The van der Waals surface area contributed by atoms with Gasteiger partial charge < -0.3 is 34.2 Å². The van der Waals surface area contributed by atoms with Crippen LogP contribution in [0, 0.1) is 0 Å². The number of carbonyl (C=O) groups is 3. The molecule has 0 aromatic rings. The van der Waals surface area contributed by atoms with Crippen LogP contribution < -0.4 is 0 Å². The number of esters is 3. The second-order valence-electron chi connectivity index (χ2n) is 20.8. The number of hydrogen-bond donors (Lipinski definition) is 4. The van der Waals surface area contributed by atoms with E-state index >= 15 is 0 Å². The predicted octanol–water partition coefficient (Wildman–Crippen LogP) is 16.4. The van der Waals surface area contributed by atoms with Gasteiger partial charge in [0, 0.05) is 19.3 Å². The summed E-state index contributed by atoms with van der Waals surface area (Å²) in [5, 5.41) is 20.5. The molecule has 0 fully saturated rings. The largest absolute Gasteiger partial charge is 0.472 e. The highest BCUT2D eigenvalue weighted by Crippen LogP contribution is 2.45. The molecule has 0 bridgehead atoms. The molecule has 0 saturated heterocycles. The molecule has 4 N–H and O–H groups in total. The lowest BCUT2D eigenvalue weighted by Gasteiger charge is -2.21. The van der Waals surface area contributed by atoms with Gasteiger partial charge in [0.15, 0.2) is 6.10 Å². The number of aliphatic hydroxyl groups excluding tert-OH is 2. The summed E-state index contributed by atoms with van der Waals surface area (Å²) in [6.07, 6.45) is 56.9. The van der Waals surface area contributed by atoms with Crippen LogP contribution >= 0.6 is 15.6 Å². The molecular formula is C63H112O16P2. The van der Waals surface area contributed by atoms with E-state index < -0.39 is 91.5 Å². The Morgan fingerprint density at radius 3 is 1.06 bits per heavy atom. The van der Waals surface area contributed by atoms with Crippen LogP contribution in [0.15, 0.2) is 72.9 Å². The molecule has 81 heavy (non-hydrogen) atoms. The molecule has 0 amide bonds. The Balaban J connectivity index is 4.64. The monoisotopic (exact) mass is 1190 g/mol. The Morgan fingerprint density at radius 2 is 0.654 bits per heavy atom. The molecule has 18 heteroatoms. The molecule has 0 aromatic heterocycles. The minimum absolute atomic E-state index is 0.106. The molecule has 16 nitrogen and oxygen atoms in total. The maximum absolute atomic E-state index is 12.8. The molecular weight excluding hydrogens is 1070 g/mol. The van der Waals surface area contributed by atoms with Gasteiger partial charge in [0.2, 0.25) is 0 Å². The summed E-state index contributed by atoms with van der Waals surface area (Å²) in [4.78, 5) is 58.1. The van der Waals surface area contributed by atoms with Gasteiger partial charge in [-0.3, -0.25) is 32.5 Å². The standard InChI is InChI=1S/C63H112O16P2/c1-4-7-10-13-16-19-22-24-26-27-28-29-31-33-35-37-40-43-46-49-61(66)73-52-58(64)53-75-80(69,70)76-54-59(65)55-77-81(71,72)78-57-60(79-63(68)51-48-45-42-39-34-21-18-15-12-9-6-3)56-74-62(67)50-47-44-41-38-36-32-30-25-23-20-17-14-11-8-5-2/h7,10,16,19,24-26,28-30,33,35,58-60,64-65H,4-6,8-9,11-15,17-18,20-23,27,31-32,34,36-57H2,1-3H3,(H,69,70)(H,71,72)/b10-7-,19-16-,26-24-,29-28-,30-25-,35-33-. The number of carbonyl (C=O) groups excluding carboxylic acids is 3. The third kappa shape index (κ3) is 58.6. The van der Waals surface area contributed by atoms with Crippen molar-refractivity contribution in [3.63, 3.8) is 0 Å². The second-order valence-corrected chi connectivity index (χ2v) is 23.7. The third-order valence-corrected chi connectivity index (χ3v) is 14.8. The number of phosphoric ester groups is 2. The second kappa shape index (κ2) is 57.4. The van der Waals surface area contributed by atoms with Gasteiger partial charge in [-0.1, -0.05) is 216 Å². The van der Waals surface area contributed by atoms with Crippen molar-refractivity contribution in [3.8, 4) is 0 Å². The molecule has 0 spiro atoms. The molecule has 0 heterocycles. The van der Waals surface area contributed by atoms with Crippen molar-refractivity contribution in [2.75, 3.05) is 39.6 Å². The highest BCUT2D eigenvalue weighted by Gasteiger charge is 2.29. The minimum Gasteiger partial charge on any atom is -0.463 e. The SMILES string of the molecule is CC/C=C\C/C=C\C/C=C\C/C=C\C/C=C\CCCCCC(=O)OCC(O)COP(=O)(O)OCC(O)COP(=O)(O)OCC(COC(=O)CCCCCCC/C=C\CCCCCCCC)OC(=O)CCCCCCCCCCCCC. The van der Waals surface area contributed by atoms with E-state index in [1.807, 2.05) is 0 Å². The fourth-order valence-corrected chi connectivity index (χ4v) is 9.70. The van der Waals surface area contributed by atoms with Gasteiger partial charge in [0.1, 0.15) is 25.4 Å². The highest BCUT2D eigenvalue weighted by atomic mass is 31.2. The van der Waals surface area contributed by atoms with Crippen LogP contribution in [0.1, 0.15) is 252 Å². The van der Waals surface area contributed by atoms with Gasteiger partial charge in [-0.2, -0.15) is 0 Å². The van der Waals surface area contributed by atoms with Gasteiger partial charge in [-0.15, -0.1) is 0 Å². The molecule has 5 atom stereocenters. The summed E-state index contributed by atoms with van der Waals surface area (Å²) in [5.41, 5.74) is 0. The Hall–Kier alpha value is -3.01. The highest BCUT2D eigenvalue weighted by molar-refractivity contribution is 7.47. The summed E-state index contributed by atoms with van der Waals surface area (Å²) in [7, 11) is -9.76. The summed E-state index contributed by atoms with van der Waals surface area (Å²) in [6.45, 7) is 2.48. The summed E-state index contributed by atoms with van der Waals surface area (Å²) >= 11 is 0. The van der Waals surface area contributed by atoms with Gasteiger partial charge in [0.25, 0.3) is 0 Å². The average Bonchev–Trinajstić information content (AvgIpc) is 3.44. The van der Waals surface area contributed by atoms with Crippen molar-refractivity contribution in [2.24, 2.45) is 0 Å². The van der Waals surface area contributed by atoms with E-state index in [0.29, 0.717) is 19.3 Å². The van der Waals surface area contributed by atoms with Crippen LogP contribution in [-0.4, -0.2) is 95.9 Å². The quantitative estimate of drug-likeness (QED) is 0.0146. The fraction of sp³-hybridized carbons (Fsp3) is 0.762. The first kappa shape index (κ1) is 78.0. The van der Waals surface area contributed by atoms with E-state index in [4.69, 9.17) is 32.3 Å².